The molecule has 0 bridgehead atoms. The van der Waals surface area contributed by atoms with Crippen molar-refractivity contribution in [2.24, 2.45) is 0 Å². The molecule has 1 fully saturated rings. The summed E-state index contributed by atoms with van der Waals surface area (Å²) in [6.45, 7) is 6.19. The molecule has 3 atom stereocenters. The highest BCUT2D eigenvalue weighted by atomic mass is 35.5. The molecule has 1 saturated heterocycles. The van der Waals surface area contributed by atoms with E-state index in [0.29, 0.717) is 5.92 Å². The first kappa shape index (κ1) is 10.6. The Morgan fingerprint density at radius 2 is 2.31 bits per heavy atom. The van der Waals surface area contributed by atoms with Crippen molar-refractivity contribution in [2.45, 2.75) is 31.5 Å². The molecule has 16 heavy (non-hydrogen) atoms. The maximum atomic E-state index is 6.27. The Morgan fingerprint density at radius 3 is 3.12 bits per heavy atom. The molecule has 2 nitrogen and oxygen atoms in total. The number of halogens is 1. The molecule has 0 spiro atoms. The van der Waals surface area contributed by atoms with E-state index in [0.717, 1.165) is 18.1 Å². The molecule has 0 amide bonds. The number of ether oxygens (including phenoxy) is 1. The second kappa shape index (κ2) is 3.46. The maximum absolute atomic E-state index is 6.27. The van der Waals surface area contributed by atoms with E-state index in [4.69, 9.17) is 16.3 Å². The van der Waals surface area contributed by atoms with Gasteiger partial charge in [-0.25, -0.2) is 0 Å². The highest BCUT2D eigenvalue weighted by molar-refractivity contribution is 6.31. The van der Waals surface area contributed by atoms with Gasteiger partial charge in [0.2, 0.25) is 0 Å². The van der Waals surface area contributed by atoms with E-state index in [1.54, 1.807) is 0 Å². The van der Waals surface area contributed by atoms with Crippen molar-refractivity contribution in [3.05, 3.63) is 34.3 Å². The number of rotatable bonds is 0. The zero-order valence-electron chi connectivity index (χ0n) is 9.59. The lowest BCUT2D eigenvalue weighted by Gasteiger charge is -2.41. The predicted molar refractivity (Wildman–Crippen MR) is 65.0 cm³/mol. The lowest BCUT2D eigenvalue weighted by atomic mass is 9.80. The lowest BCUT2D eigenvalue weighted by Crippen LogP contribution is -2.41. The van der Waals surface area contributed by atoms with E-state index in [2.05, 4.69) is 25.2 Å². The highest BCUT2D eigenvalue weighted by Crippen LogP contribution is 2.47. The average molecular weight is 238 g/mol. The molecule has 0 aromatic heterocycles. The molecule has 0 radical (unpaired) electrons. The second-order valence-corrected chi connectivity index (χ2v) is 5.41. The van der Waals surface area contributed by atoms with E-state index >= 15 is 0 Å². The van der Waals surface area contributed by atoms with Gasteiger partial charge in [0.25, 0.3) is 0 Å². The molecule has 3 rings (SSSR count). The van der Waals surface area contributed by atoms with Crippen molar-refractivity contribution < 1.29 is 4.74 Å². The highest BCUT2D eigenvalue weighted by Gasteiger charge is 2.46. The number of hydrogen-bond acceptors (Lipinski definition) is 2. The van der Waals surface area contributed by atoms with Gasteiger partial charge in [-0.05, 0) is 25.5 Å². The summed E-state index contributed by atoms with van der Waals surface area (Å²) < 4.78 is 6.16. The van der Waals surface area contributed by atoms with Crippen molar-refractivity contribution in [1.82, 2.24) is 5.32 Å². The summed E-state index contributed by atoms with van der Waals surface area (Å²) in [5.74, 6) is 0.428. The fourth-order valence-corrected chi connectivity index (χ4v) is 3.45. The van der Waals surface area contributed by atoms with E-state index in [9.17, 15) is 0 Å². The van der Waals surface area contributed by atoms with Gasteiger partial charge in [0.05, 0.1) is 11.7 Å². The van der Waals surface area contributed by atoms with Gasteiger partial charge in [0, 0.05) is 29.6 Å². The molecular formula is C13H16ClNO. The Bertz CT molecular complexity index is 434. The third-order valence-electron chi connectivity index (χ3n) is 3.88. The Balaban J connectivity index is 2.18. The monoisotopic (exact) mass is 237 g/mol. The van der Waals surface area contributed by atoms with Crippen LogP contribution in [0.25, 0.3) is 0 Å². The zero-order valence-corrected chi connectivity index (χ0v) is 10.3. The lowest BCUT2D eigenvalue weighted by molar-refractivity contribution is -0.0865. The van der Waals surface area contributed by atoms with Crippen molar-refractivity contribution in [3.8, 4) is 0 Å². The third kappa shape index (κ3) is 1.33. The van der Waals surface area contributed by atoms with Gasteiger partial charge in [-0.2, -0.15) is 0 Å². The first-order valence-electron chi connectivity index (χ1n) is 5.79. The van der Waals surface area contributed by atoms with E-state index in [1.165, 1.54) is 11.1 Å². The maximum Gasteiger partial charge on any atom is 0.0866 e. The molecule has 0 saturated carbocycles. The van der Waals surface area contributed by atoms with Crippen LogP contribution in [-0.4, -0.2) is 18.7 Å². The fraction of sp³-hybridized carbons (Fsp3) is 0.538. The van der Waals surface area contributed by atoms with Gasteiger partial charge < -0.3 is 10.1 Å². The Hall–Kier alpha value is -0.570. The first-order valence-corrected chi connectivity index (χ1v) is 6.16. The van der Waals surface area contributed by atoms with Crippen LogP contribution in [0, 0.1) is 0 Å². The van der Waals surface area contributed by atoms with Gasteiger partial charge in [0.15, 0.2) is 0 Å². The summed E-state index contributed by atoms with van der Waals surface area (Å²) >= 11 is 6.27. The number of hydrogen-bond donors (Lipinski definition) is 1. The minimum absolute atomic E-state index is 0.0723. The molecule has 1 aromatic rings. The normalized spacial score (nSPS) is 36.9. The summed E-state index contributed by atoms with van der Waals surface area (Å²) in [6, 6.07) is 6.18. The van der Waals surface area contributed by atoms with Crippen LogP contribution >= 0.6 is 11.6 Å². The topological polar surface area (TPSA) is 21.3 Å². The van der Waals surface area contributed by atoms with Crippen LogP contribution in [0.2, 0.25) is 5.02 Å². The molecule has 1 N–H and O–H groups in total. The molecule has 1 aromatic carbocycles. The molecule has 2 aliphatic rings. The smallest absolute Gasteiger partial charge is 0.0866 e. The van der Waals surface area contributed by atoms with Crippen LogP contribution in [0.4, 0.5) is 0 Å². The standard InChI is InChI=1S/C13H16ClNO/c1-8-12-9(4-3-5-11(12)14)10-6-15-7-13(10,2)16-8/h3-5,8,10,15H,6-7H2,1-2H3/t8?,10-,13-/m1/s1. The minimum Gasteiger partial charge on any atom is -0.366 e. The molecule has 2 aliphatic heterocycles. The van der Waals surface area contributed by atoms with Crippen molar-refractivity contribution in [3.63, 3.8) is 0 Å². The quantitative estimate of drug-likeness (QED) is 0.749. The molecule has 86 valence electrons. The van der Waals surface area contributed by atoms with Gasteiger partial charge in [-0.1, -0.05) is 23.7 Å². The molecule has 1 unspecified atom stereocenters. The SMILES string of the molecule is CC1O[C@]2(C)CNC[C@@H]2c2cccc(Cl)c21. The van der Waals surface area contributed by atoms with E-state index in [-0.39, 0.29) is 11.7 Å². The predicted octanol–water partition coefficient (Wildman–Crippen LogP) is 2.88. The van der Waals surface area contributed by atoms with Gasteiger partial charge >= 0.3 is 0 Å². The van der Waals surface area contributed by atoms with E-state index < -0.39 is 0 Å². The summed E-state index contributed by atoms with van der Waals surface area (Å²) in [5, 5.41) is 4.25. The van der Waals surface area contributed by atoms with Crippen LogP contribution in [-0.2, 0) is 4.74 Å². The van der Waals surface area contributed by atoms with E-state index in [1.807, 2.05) is 12.1 Å². The average Bonchev–Trinajstić information content (AvgIpc) is 2.59. The Kier molecular flexibility index (Phi) is 2.29. The Morgan fingerprint density at radius 1 is 1.50 bits per heavy atom. The number of nitrogens with one attached hydrogen (secondary N) is 1. The van der Waals surface area contributed by atoms with Gasteiger partial charge in [0.1, 0.15) is 0 Å². The molecule has 3 heteroatoms. The summed E-state index contributed by atoms with van der Waals surface area (Å²) in [5.41, 5.74) is 2.46. The minimum atomic E-state index is -0.0723. The van der Waals surface area contributed by atoms with Crippen LogP contribution in [0.1, 0.15) is 37.0 Å². The molecule has 2 heterocycles. The van der Waals surface area contributed by atoms with Crippen molar-refractivity contribution in [2.75, 3.05) is 13.1 Å². The number of fused-ring (bicyclic) bond motifs is 3. The molecule has 0 aliphatic carbocycles. The second-order valence-electron chi connectivity index (χ2n) is 5.00. The summed E-state index contributed by atoms with van der Waals surface area (Å²) in [6.07, 6.45) is 0.0878. The van der Waals surface area contributed by atoms with Crippen LogP contribution in [0.5, 0.6) is 0 Å². The summed E-state index contributed by atoms with van der Waals surface area (Å²) in [7, 11) is 0. The van der Waals surface area contributed by atoms with Crippen molar-refractivity contribution in [1.29, 1.82) is 0 Å². The Labute approximate surface area is 101 Å². The molecular weight excluding hydrogens is 222 g/mol. The van der Waals surface area contributed by atoms with Gasteiger partial charge in [-0.3, -0.25) is 0 Å². The van der Waals surface area contributed by atoms with Gasteiger partial charge in [-0.15, -0.1) is 0 Å². The van der Waals surface area contributed by atoms with Crippen LogP contribution in [0.15, 0.2) is 18.2 Å². The fourth-order valence-electron chi connectivity index (χ4n) is 3.12. The number of benzene rings is 1. The summed E-state index contributed by atoms with van der Waals surface area (Å²) in [4.78, 5) is 0. The van der Waals surface area contributed by atoms with Crippen LogP contribution < -0.4 is 5.32 Å². The first-order chi connectivity index (χ1) is 7.62. The zero-order chi connectivity index (χ0) is 11.3. The largest absolute Gasteiger partial charge is 0.366 e. The van der Waals surface area contributed by atoms with Crippen molar-refractivity contribution >= 4 is 11.6 Å². The third-order valence-corrected chi connectivity index (χ3v) is 4.21. The van der Waals surface area contributed by atoms with Crippen LogP contribution in [0.3, 0.4) is 0 Å².